The standard InChI is InChI=1S/C10H11N3O3/c1-12-9(15)10(16)13-8(14)6-4-2-3-5-7(6)11/h2-5H,11H2,1H3,(H,12,15)(H,13,14,16). The highest BCUT2D eigenvalue weighted by molar-refractivity contribution is 6.38. The smallest absolute Gasteiger partial charge is 0.316 e. The number of likely N-dealkylation sites (N-methyl/N-ethyl adjacent to an activating group) is 1. The highest BCUT2D eigenvalue weighted by atomic mass is 16.2. The number of anilines is 1. The third kappa shape index (κ3) is 2.57. The molecular weight excluding hydrogens is 210 g/mol. The van der Waals surface area contributed by atoms with Gasteiger partial charge in [0.1, 0.15) is 0 Å². The van der Waals surface area contributed by atoms with Gasteiger partial charge in [-0.05, 0) is 12.1 Å². The van der Waals surface area contributed by atoms with Crippen molar-refractivity contribution in [2.24, 2.45) is 0 Å². The van der Waals surface area contributed by atoms with Gasteiger partial charge in [-0.1, -0.05) is 12.1 Å². The lowest BCUT2D eigenvalue weighted by Crippen LogP contribution is -2.41. The number of nitrogens with two attached hydrogens (primary N) is 1. The van der Waals surface area contributed by atoms with Crippen LogP contribution in [-0.4, -0.2) is 24.8 Å². The topological polar surface area (TPSA) is 101 Å². The maximum Gasteiger partial charge on any atom is 0.316 e. The van der Waals surface area contributed by atoms with Crippen LogP contribution >= 0.6 is 0 Å². The zero-order chi connectivity index (χ0) is 12.1. The second kappa shape index (κ2) is 4.92. The molecule has 0 unspecified atom stereocenters. The summed E-state index contributed by atoms with van der Waals surface area (Å²) in [6, 6.07) is 6.25. The summed E-state index contributed by atoms with van der Waals surface area (Å²) in [6.45, 7) is 0. The largest absolute Gasteiger partial charge is 0.398 e. The average Bonchev–Trinajstić information content (AvgIpc) is 2.28. The Morgan fingerprint density at radius 1 is 1.12 bits per heavy atom. The number of amides is 3. The first-order chi connectivity index (χ1) is 7.56. The molecule has 6 heteroatoms. The first kappa shape index (κ1) is 11.7. The number of rotatable bonds is 1. The Morgan fingerprint density at radius 3 is 2.31 bits per heavy atom. The Labute approximate surface area is 91.8 Å². The van der Waals surface area contributed by atoms with Crippen LogP contribution < -0.4 is 16.4 Å². The third-order valence-electron chi connectivity index (χ3n) is 1.87. The lowest BCUT2D eigenvalue weighted by atomic mass is 10.1. The number of hydrogen-bond donors (Lipinski definition) is 3. The maximum atomic E-state index is 11.5. The van der Waals surface area contributed by atoms with Gasteiger partial charge < -0.3 is 11.1 Å². The predicted octanol–water partition coefficient (Wildman–Crippen LogP) is -0.729. The molecule has 0 saturated heterocycles. The highest BCUT2D eigenvalue weighted by Gasteiger charge is 2.17. The molecule has 1 aromatic rings. The minimum absolute atomic E-state index is 0.153. The molecule has 0 aliphatic heterocycles. The summed E-state index contributed by atoms with van der Waals surface area (Å²) in [4.78, 5) is 33.4. The first-order valence-corrected chi connectivity index (χ1v) is 4.48. The van der Waals surface area contributed by atoms with Crippen LogP contribution in [0.5, 0.6) is 0 Å². The molecule has 0 heterocycles. The van der Waals surface area contributed by atoms with Gasteiger partial charge >= 0.3 is 11.8 Å². The Hall–Kier alpha value is -2.37. The summed E-state index contributed by atoms with van der Waals surface area (Å²) in [5.41, 5.74) is 5.93. The van der Waals surface area contributed by atoms with Gasteiger partial charge in [0.15, 0.2) is 0 Å². The van der Waals surface area contributed by atoms with Gasteiger partial charge in [0.05, 0.1) is 5.56 Å². The van der Waals surface area contributed by atoms with E-state index >= 15 is 0 Å². The molecule has 6 nitrogen and oxygen atoms in total. The quantitative estimate of drug-likeness (QED) is 0.430. The summed E-state index contributed by atoms with van der Waals surface area (Å²) in [5, 5.41) is 4.02. The predicted molar refractivity (Wildman–Crippen MR) is 57.4 cm³/mol. The minimum atomic E-state index is -1.02. The zero-order valence-electron chi connectivity index (χ0n) is 8.61. The van der Waals surface area contributed by atoms with Crippen LogP contribution in [-0.2, 0) is 9.59 Å². The Balaban J connectivity index is 2.78. The van der Waals surface area contributed by atoms with E-state index in [1.807, 2.05) is 5.32 Å². The van der Waals surface area contributed by atoms with Gasteiger partial charge in [-0.3, -0.25) is 19.7 Å². The highest BCUT2D eigenvalue weighted by Crippen LogP contribution is 2.09. The van der Waals surface area contributed by atoms with Gasteiger partial charge in [0.2, 0.25) is 0 Å². The van der Waals surface area contributed by atoms with E-state index in [0.29, 0.717) is 0 Å². The number of hydrogen-bond acceptors (Lipinski definition) is 4. The second-order valence-corrected chi connectivity index (χ2v) is 2.95. The van der Waals surface area contributed by atoms with Crippen molar-refractivity contribution in [1.82, 2.24) is 10.6 Å². The fourth-order valence-corrected chi connectivity index (χ4v) is 1.04. The molecular formula is C10H11N3O3. The van der Waals surface area contributed by atoms with Crippen molar-refractivity contribution in [2.45, 2.75) is 0 Å². The summed E-state index contributed by atoms with van der Waals surface area (Å²) < 4.78 is 0. The molecule has 16 heavy (non-hydrogen) atoms. The number of benzene rings is 1. The van der Waals surface area contributed by atoms with Crippen LogP contribution in [0, 0.1) is 0 Å². The lowest BCUT2D eigenvalue weighted by molar-refractivity contribution is -0.138. The number of nitrogens with one attached hydrogen (secondary N) is 2. The van der Waals surface area contributed by atoms with Crippen LogP contribution in [0.4, 0.5) is 5.69 Å². The Bertz CT molecular complexity index is 443. The average molecular weight is 221 g/mol. The molecule has 0 aliphatic carbocycles. The van der Waals surface area contributed by atoms with Crippen molar-refractivity contribution in [1.29, 1.82) is 0 Å². The Kier molecular flexibility index (Phi) is 3.60. The molecule has 1 rings (SSSR count). The van der Waals surface area contributed by atoms with E-state index in [9.17, 15) is 14.4 Å². The monoisotopic (exact) mass is 221 g/mol. The number of carbonyl (C=O) groups is 3. The molecule has 1 aromatic carbocycles. The molecule has 0 fully saturated rings. The van der Waals surface area contributed by atoms with Crippen molar-refractivity contribution < 1.29 is 14.4 Å². The summed E-state index contributed by atoms with van der Waals surface area (Å²) in [7, 11) is 1.29. The molecule has 4 N–H and O–H groups in total. The fraction of sp³-hybridized carbons (Fsp3) is 0.100. The second-order valence-electron chi connectivity index (χ2n) is 2.95. The molecule has 0 radical (unpaired) electrons. The van der Waals surface area contributed by atoms with E-state index < -0.39 is 17.7 Å². The molecule has 0 saturated carbocycles. The molecule has 0 bridgehead atoms. The molecule has 0 aromatic heterocycles. The minimum Gasteiger partial charge on any atom is -0.398 e. The number of carbonyl (C=O) groups excluding carboxylic acids is 3. The zero-order valence-corrected chi connectivity index (χ0v) is 8.61. The fourth-order valence-electron chi connectivity index (χ4n) is 1.04. The molecule has 0 atom stereocenters. The summed E-state index contributed by atoms with van der Waals surface area (Å²) >= 11 is 0. The van der Waals surface area contributed by atoms with Crippen molar-refractivity contribution in [2.75, 3.05) is 12.8 Å². The molecule has 0 spiro atoms. The van der Waals surface area contributed by atoms with Crippen LogP contribution in [0.15, 0.2) is 24.3 Å². The van der Waals surface area contributed by atoms with Gasteiger partial charge in [-0.15, -0.1) is 0 Å². The van der Waals surface area contributed by atoms with E-state index in [1.54, 1.807) is 12.1 Å². The van der Waals surface area contributed by atoms with Gasteiger partial charge in [0, 0.05) is 12.7 Å². The van der Waals surface area contributed by atoms with Crippen LogP contribution in [0.25, 0.3) is 0 Å². The molecule has 84 valence electrons. The normalized spacial score (nSPS) is 9.31. The van der Waals surface area contributed by atoms with E-state index in [2.05, 4.69) is 5.32 Å². The number of nitrogen functional groups attached to an aromatic ring is 1. The number of imide groups is 1. The number of para-hydroxylation sites is 1. The SMILES string of the molecule is CNC(=O)C(=O)NC(=O)c1ccccc1N. The van der Waals surface area contributed by atoms with Gasteiger partial charge in [-0.25, -0.2) is 0 Å². The van der Waals surface area contributed by atoms with Crippen molar-refractivity contribution in [3.05, 3.63) is 29.8 Å². The molecule has 0 aliphatic rings. The van der Waals surface area contributed by atoms with Crippen LogP contribution in [0.2, 0.25) is 0 Å². The Morgan fingerprint density at radius 2 is 1.75 bits per heavy atom. The van der Waals surface area contributed by atoms with Gasteiger partial charge in [-0.2, -0.15) is 0 Å². The van der Waals surface area contributed by atoms with Crippen molar-refractivity contribution in [3.63, 3.8) is 0 Å². The maximum absolute atomic E-state index is 11.5. The van der Waals surface area contributed by atoms with E-state index in [0.717, 1.165) is 0 Å². The summed E-state index contributed by atoms with van der Waals surface area (Å²) in [6.07, 6.45) is 0. The van der Waals surface area contributed by atoms with E-state index in [4.69, 9.17) is 5.73 Å². The van der Waals surface area contributed by atoms with E-state index in [1.165, 1.54) is 19.2 Å². The van der Waals surface area contributed by atoms with E-state index in [-0.39, 0.29) is 11.3 Å². The lowest BCUT2D eigenvalue weighted by Gasteiger charge is -2.05. The summed E-state index contributed by atoms with van der Waals surface area (Å²) in [5.74, 6) is -2.61. The first-order valence-electron chi connectivity index (χ1n) is 4.48. The third-order valence-corrected chi connectivity index (χ3v) is 1.87. The van der Waals surface area contributed by atoms with Crippen molar-refractivity contribution >= 4 is 23.4 Å². The van der Waals surface area contributed by atoms with Gasteiger partial charge in [0.25, 0.3) is 5.91 Å². The van der Waals surface area contributed by atoms with Crippen LogP contribution in [0.1, 0.15) is 10.4 Å². The molecule has 3 amide bonds. The van der Waals surface area contributed by atoms with Crippen LogP contribution in [0.3, 0.4) is 0 Å². The van der Waals surface area contributed by atoms with Crippen molar-refractivity contribution in [3.8, 4) is 0 Å².